The largest absolute Gasteiger partial charge is 0.306 e. The molecule has 0 aromatic heterocycles. The van der Waals surface area contributed by atoms with Crippen LogP contribution < -0.4 is 9.80 Å². The molecular weight excluding hydrogens is 364 g/mol. The second-order valence-electron chi connectivity index (χ2n) is 8.78. The highest BCUT2D eigenvalue weighted by Gasteiger charge is 2.29. The standard InChI is InChI=1S/C28H26N2/c1-28(2,3)21-17-19-23(20-18-21)30-26-15-9-7-13-24(26)29(22-11-5-4-6-12-22)25-14-8-10-16-27(25)30/h4-20H,1-3H3. The molecule has 30 heavy (non-hydrogen) atoms. The average Bonchev–Trinajstić information content (AvgIpc) is 2.77. The molecule has 0 N–H and O–H groups in total. The summed E-state index contributed by atoms with van der Waals surface area (Å²) in [7, 11) is 0. The fraction of sp³-hybridized carbons (Fsp3) is 0.143. The number of hydrogen-bond acceptors (Lipinski definition) is 2. The van der Waals surface area contributed by atoms with E-state index in [1.54, 1.807) is 0 Å². The minimum Gasteiger partial charge on any atom is -0.306 e. The first-order valence-electron chi connectivity index (χ1n) is 10.5. The van der Waals surface area contributed by atoms with Crippen LogP contribution in [0.3, 0.4) is 0 Å². The minimum absolute atomic E-state index is 0.139. The molecule has 1 aliphatic rings. The number of fused-ring (bicyclic) bond motifs is 2. The van der Waals surface area contributed by atoms with Crippen molar-refractivity contribution in [1.82, 2.24) is 0 Å². The molecule has 0 unspecified atom stereocenters. The first-order chi connectivity index (χ1) is 14.5. The van der Waals surface area contributed by atoms with Gasteiger partial charge in [0.1, 0.15) is 0 Å². The monoisotopic (exact) mass is 390 g/mol. The Bertz CT molecular complexity index is 1120. The summed E-state index contributed by atoms with van der Waals surface area (Å²) in [6, 6.07) is 36.9. The summed E-state index contributed by atoms with van der Waals surface area (Å²) in [4.78, 5) is 4.72. The van der Waals surface area contributed by atoms with Crippen LogP contribution in [-0.4, -0.2) is 0 Å². The van der Waals surface area contributed by atoms with E-state index in [1.807, 2.05) is 0 Å². The maximum absolute atomic E-state index is 2.37. The molecule has 4 aromatic carbocycles. The van der Waals surface area contributed by atoms with Gasteiger partial charge in [0.25, 0.3) is 0 Å². The van der Waals surface area contributed by atoms with Crippen molar-refractivity contribution in [2.75, 3.05) is 9.80 Å². The van der Waals surface area contributed by atoms with E-state index in [2.05, 4.69) is 134 Å². The van der Waals surface area contributed by atoms with Crippen molar-refractivity contribution in [2.24, 2.45) is 0 Å². The van der Waals surface area contributed by atoms with Crippen LogP contribution in [0, 0.1) is 0 Å². The van der Waals surface area contributed by atoms with E-state index in [-0.39, 0.29) is 5.41 Å². The molecule has 2 nitrogen and oxygen atoms in total. The molecule has 2 heteroatoms. The molecule has 0 saturated carbocycles. The van der Waals surface area contributed by atoms with Gasteiger partial charge in [-0.1, -0.05) is 75.4 Å². The van der Waals surface area contributed by atoms with Crippen LogP contribution in [0.25, 0.3) is 0 Å². The third kappa shape index (κ3) is 3.05. The van der Waals surface area contributed by atoms with Crippen molar-refractivity contribution in [1.29, 1.82) is 0 Å². The van der Waals surface area contributed by atoms with Gasteiger partial charge in [0.2, 0.25) is 0 Å². The summed E-state index contributed by atoms with van der Waals surface area (Å²) in [5.41, 5.74) is 8.56. The normalized spacial score (nSPS) is 13.0. The molecule has 0 atom stereocenters. The van der Waals surface area contributed by atoms with Gasteiger partial charge in [-0.05, 0) is 59.5 Å². The van der Waals surface area contributed by atoms with E-state index in [4.69, 9.17) is 0 Å². The lowest BCUT2D eigenvalue weighted by atomic mass is 9.87. The Hall–Kier alpha value is -3.52. The van der Waals surface area contributed by atoms with Crippen LogP contribution in [0.1, 0.15) is 26.3 Å². The lowest BCUT2D eigenvalue weighted by molar-refractivity contribution is 0.590. The Kier molecular flexibility index (Phi) is 4.36. The molecule has 148 valence electrons. The van der Waals surface area contributed by atoms with Crippen molar-refractivity contribution < 1.29 is 0 Å². The van der Waals surface area contributed by atoms with E-state index in [0.717, 1.165) is 0 Å². The summed E-state index contributed by atoms with van der Waals surface area (Å²) in [6.07, 6.45) is 0. The van der Waals surface area contributed by atoms with Crippen LogP contribution in [0.15, 0.2) is 103 Å². The Balaban J connectivity index is 1.71. The Morgan fingerprint density at radius 1 is 0.433 bits per heavy atom. The predicted molar refractivity (Wildman–Crippen MR) is 128 cm³/mol. The van der Waals surface area contributed by atoms with Crippen LogP contribution in [0.4, 0.5) is 34.1 Å². The Morgan fingerprint density at radius 3 is 1.20 bits per heavy atom. The predicted octanol–water partition coefficient (Wildman–Crippen LogP) is 8.24. The van der Waals surface area contributed by atoms with Crippen LogP contribution in [-0.2, 0) is 5.41 Å². The molecule has 0 bridgehead atoms. The molecule has 1 heterocycles. The second kappa shape index (κ2) is 7.07. The molecule has 0 aliphatic carbocycles. The van der Waals surface area contributed by atoms with Crippen LogP contribution >= 0.6 is 0 Å². The average molecular weight is 391 g/mol. The van der Waals surface area contributed by atoms with Crippen molar-refractivity contribution in [3.8, 4) is 0 Å². The minimum atomic E-state index is 0.139. The van der Waals surface area contributed by atoms with Gasteiger partial charge in [-0.3, -0.25) is 0 Å². The van der Waals surface area contributed by atoms with Crippen molar-refractivity contribution in [2.45, 2.75) is 26.2 Å². The zero-order chi connectivity index (χ0) is 20.7. The Labute approximate surface area is 179 Å². The van der Waals surface area contributed by atoms with Crippen molar-refractivity contribution >= 4 is 34.1 Å². The molecule has 1 aliphatic heterocycles. The molecule has 4 aromatic rings. The molecular formula is C28H26N2. The molecule has 0 radical (unpaired) electrons. The van der Waals surface area contributed by atoms with Crippen molar-refractivity contribution in [3.05, 3.63) is 109 Å². The summed E-state index contributed by atoms with van der Waals surface area (Å²) in [5.74, 6) is 0. The first-order valence-corrected chi connectivity index (χ1v) is 10.5. The van der Waals surface area contributed by atoms with E-state index in [0.29, 0.717) is 0 Å². The summed E-state index contributed by atoms with van der Waals surface area (Å²) < 4.78 is 0. The Morgan fingerprint density at radius 2 is 0.800 bits per heavy atom. The topological polar surface area (TPSA) is 6.48 Å². The summed E-state index contributed by atoms with van der Waals surface area (Å²) >= 11 is 0. The molecule has 5 rings (SSSR count). The number of para-hydroxylation sites is 5. The number of hydrogen-bond donors (Lipinski definition) is 0. The highest BCUT2D eigenvalue weighted by molar-refractivity contribution is 6.01. The van der Waals surface area contributed by atoms with Gasteiger partial charge in [-0.25, -0.2) is 0 Å². The summed E-state index contributed by atoms with van der Waals surface area (Å²) in [6.45, 7) is 6.77. The number of rotatable bonds is 2. The SMILES string of the molecule is CC(C)(C)c1ccc(N2c3ccccc3N(c3ccccc3)c3ccccc32)cc1. The van der Waals surface area contributed by atoms with Gasteiger partial charge in [-0.15, -0.1) is 0 Å². The quantitative estimate of drug-likeness (QED) is 0.299. The number of benzene rings is 4. The zero-order valence-electron chi connectivity index (χ0n) is 17.7. The van der Waals surface area contributed by atoms with E-state index < -0.39 is 0 Å². The van der Waals surface area contributed by atoms with E-state index >= 15 is 0 Å². The molecule has 0 fully saturated rings. The third-order valence-electron chi connectivity index (χ3n) is 5.73. The van der Waals surface area contributed by atoms with Crippen LogP contribution in [0.5, 0.6) is 0 Å². The van der Waals surface area contributed by atoms with Gasteiger partial charge in [0, 0.05) is 11.4 Å². The maximum atomic E-state index is 2.37. The van der Waals surface area contributed by atoms with Gasteiger partial charge in [0.15, 0.2) is 0 Å². The van der Waals surface area contributed by atoms with E-state index in [9.17, 15) is 0 Å². The third-order valence-corrected chi connectivity index (χ3v) is 5.73. The fourth-order valence-electron chi connectivity index (χ4n) is 4.19. The lowest BCUT2D eigenvalue weighted by Gasteiger charge is -2.40. The van der Waals surface area contributed by atoms with Gasteiger partial charge < -0.3 is 9.80 Å². The molecule has 0 spiro atoms. The number of anilines is 6. The highest BCUT2D eigenvalue weighted by atomic mass is 15.3. The zero-order valence-corrected chi connectivity index (χ0v) is 17.7. The molecule has 0 amide bonds. The van der Waals surface area contributed by atoms with Gasteiger partial charge >= 0.3 is 0 Å². The first kappa shape index (κ1) is 18.5. The van der Waals surface area contributed by atoms with Gasteiger partial charge in [-0.2, -0.15) is 0 Å². The number of nitrogens with zero attached hydrogens (tertiary/aromatic N) is 2. The summed E-state index contributed by atoms with van der Waals surface area (Å²) in [5, 5.41) is 0. The fourth-order valence-corrected chi connectivity index (χ4v) is 4.19. The lowest BCUT2D eigenvalue weighted by Crippen LogP contribution is -2.24. The van der Waals surface area contributed by atoms with E-state index in [1.165, 1.54) is 39.7 Å². The second-order valence-corrected chi connectivity index (χ2v) is 8.78. The van der Waals surface area contributed by atoms with Crippen LogP contribution in [0.2, 0.25) is 0 Å². The van der Waals surface area contributed by atoms with Crippen molar-refractivity contribution in [3.63, 3.8) is 0 Å². The molecule has 0 saturated heterocycles. The smallest absolute Gasteiger partial charge is 0.0703 e. The highest BCUT2D eigenvalue weighted by Crippen LogP contribution is 2.53. The van der Waals surface area contributed by atoms with Gasteiger partial charge in [0.05, 0.1) is 22.7 Å². The maximum Gasteiger partial charge on any atom is 0.0703 e.